The molecule has 0 aliphatic carbocycles. The number of amides is 3. The maximum atomic E-state index is 12.3. The minimum atomic E-state index is -0.981. The van der Waals surface area contributed by atoms with Crippen molar-refractivity contribution < 1.29 is 24.3 Å². The fourth-order valence-electron chi connectivity index (χ4n) is 2.83. The molecule has 1 unspecified atom stereocenters. The van der Waals surface area contributed by atoms with Crippen molar-refractivity contribution in [2.45, 2.75) is 27.2 Å². The van der Waals surface area contributed by atoms with Crippen molar-refractivity contribution in [2.75, 3.05) is 13.1 Å². The van der Waals surface area contributed by atoms with Gasteiger partial charge in [0.05, 0.1) is 17.0 Å². The van der Waals surface area contributed by atoms with Gasteiger partial charge in [0, 0.05) is 6.54 Å². The van der Waals surface area contributed by atoms with Crippen molar-refractivity contribution in [3.8, 4) is 0 Å². The standard InChI is InChI=1S/C18H22N2O5/c1-10(2)6-12(18(24)25)8-19-15(21)9-20-16(22)13-5-4-11(3)7-14(13)17(20)23/h4-5,7,10,12H,6,8-9H2,1-3H3,(H,19,21)(H,24,25). The monoisotopic (exact) mass is 346 g/mol. The summed E-state index contributed by atoms with van der Waals surface area (Å²) in [6.07, 6.45) is 0.432. The topological polar surface area (TPSA) is 104 Å². The summed E-state index contributed by atoms with van der Waals surface area (Å²) in [7, 11) is 0. The zero-order valence-corrected chi connectivity index (χ0v) is 14.5. The minimum Gasteiger partial charge on any atom is -0.481 e. The van der Waals surface area contributed by atoms with E-state index >= 15 is 0 Å². The number of aliphatic carboxylic acids is 1. The molecular formula is C18H22N2O5. The normalized spacial score (nSPS) is 14.6. The molecule has 0 saturated carbocycles. The molecule has 1 aliphatic heterocycles. The van der Waals surface area contributed by atoms with Crippen LogP contribution in [0.1, 0.15) is 46.5 Å². The number of carboxylic acids is 1. The zero-order valence-electron chi connectivity index (χ0n) is 14.5. The molecule has 0 aromatic heterocycles. The van der Waals surface area contributed by atoms with Crippen molar-refractivity contribution >= 4 is 23.7 Å². The van der Waals surface area contributed by atoms with Crippen LogP contribution in [0, 0.1) is 18.8 Å². The lowest BCUT2D eigenvalue weighted by Crippen LogP contribution is -2.42. The average Bonchev–Trinajstić information content (AvgIpc) is 2.75. The van der Waals surface area contributed by atoms with Gasteiger partial charge in [0.2, 0.25) is 5.91 Å². The van der Waals surface area contributed by atoms with E-state index in [0.29, 0.717) is 12.0 Å². The first-order valence-electron chi connectivity index (χ1n) is 8.17. The second-order valence-corrected chi connectivity index (χ2v) is 6.71. The highest BCUT2D eigenvalue weighted by Crippen LogP contribution is 2.23. The van der Waals surface area contributed by atoms with Crippen LogP contribution in [0.4, 0.5) is 0 Å². The molecule has 0 radical (unpaired) electrons. The second-order valence-electron chi connectivity index (χ2n) is 6.71. The Morgan fingerprint density at radius 3 is 2.40 bits per heavy atom. The van der Waals surface area contributed by atoms with E-state index in [2.05, 4.69) is 5.32 Å². The van der Waals surface area contributed by atoms with Crippen LogP contribution in [0.15, 0.2) is 18.2 Å². The Hall–Kier alpha value is -2.70. The lowest BCUT2D eigenvalue weighted by molar-refractivity contribution is -0.142. The number of carbonyl (C=O) groups excluding carboxylic acids is 3. The molecular weight excluding hydrogens is 324 g/mol. The van der Waals surface area contributed by atoms with Crippen molar-refractivity contribution in [3.05, 3.63) is 34.9 Å². The summed E-state index contributed by atoms with van der Waals surface area (Å²) in [5.41, 5.74) is 1.43. The van der Waals surface area contributed by atoms with Gasteiger partial charge in [0.1, 0.15) is 6.54 Å². The van der Waals surface area contributed by atoms with E-state index in [-0.39, 0.29) is 18.0 Å². The molecule has 1 atom stereocenters. The predicted molar refractivity (Wildman–Crippen MR) is 90.1 cm³/mol. The van der Waals surface area contributed by atoms with Gasteiger partial charge in [-0.1, -0.05) is 25.5 Å². The van der Waals surface area contributed by atoms with Gasteiger partial charge in [-0.2, -0.15) is 0 Å². The van der Waals surface area contributed by atoms with Crippen molar-refractivity contribution in [3.63, 3.8) is 0 Å². The molecule has 0 fully saturated rings. The maximum absolute atomic E-state index is 12.3. The van der Waals surface area contributed by atoms with Crippen LogP contribution >= 0.6 is 0 Å². The van der Waals surface area contributed by atoms with Crippen molar-refractivity contribution in [1.29, 1.82) is 0 Å². The Balaban J connectivity index is 1.98. The summed E-state index contributed by atoms with van der Waals surface area (Å²) in [4.78, 5) is 48.8. The molecule has 3 amide bonds. The zero-order chi connectivity index (χ0) is 18.7. The third-order valence-corrected chi connectivity index (χ3v) is 4.08. The van der Waals surface area contributed by atoms with Gasteiger partial charge >= 0.3 is 5.97 Å². The smallest absolute Gasteiger partial charge is 0.308 e. The Bertz CT molecular complexity index is 726. The molecule has 1 heterocycles. The number of hydrogen-bond donors (Lipinski definition) is 2. The highest BCUT2D eigenvalue weighted by Gasteiger charge is 2.36. The summed E-state index contributed by atoms with van der Waals surface area (Å²) < 4.78 is 0. The Kier molecular flexibility index (Phi) is 5.56. The van der Waals surface area contributed by atoms with Gasteiger partial charge in [-0.3, -0.25) is 24.1 Å². The first-order valence-corrected chi connectivity index (χ1v) is 8.17. The molecule has 1 aliphatic rings. The van der Waals surface area contributed by atoms with Crippen LogP contribution in [-0.4, -0.2) is 46.8 Å². The second kappa shape index (κ2) is 7.46. The summed E-state index contributed by atoms with van der Waals surface area (Å²) >= 11 is 0. The Morgan fingerprint density at radius 2 is 1.80 bits per heavy atom. The van der Waals surface area contributed by atoms with Crippen molar-refractivity contribution in [1.82, 2.24) is 10.2 Å². The molecule has 134 valence electrons. The van der Waals surface area contributed by atoms with Crippen LogP contribution in [0.25, 0.3) is 0 Å². The van der Waals surface area contributed by atoms with E-state index in [1.165, 1.54) is 0 Å². The number of rotatable bonds is 7. The first-order chi connectivity index (χ1) is 11.7. The molecule has 1 aromatic carbocycles. The van der Waals surface area contributed by atoms with Crippen LogP contribution in [-0.2, 0) is 9.59 Å². The summed E-state index contributed by atoms with van der Waals surface area (Å²) in [6, 6.07) is 4.93. The third-order valence-electron chi connectivity index (χ3n) is 4.08. The molecule has 0 bridgehead atoms. The fraction of sp³-hybridized carbons (Fsp3) is 0.444. The summed E-state index contributed by atoms with van der Waals surface area (Å²) in [5, 5.41) is 11.7. The molecule has 0 saturated heterocycles. The molecule has 7 nitrogen and oxygen atoms in total. The van der Waals surface area contributed by atoms with Crippen LogP contribution in [0.5, 0.6) is 0 Å². The van der Waals surface area contributed by atoms with Gasteiger partial charge in [-0.15, -0.1) is 0 Å². The molecule has 0 spiro atoms. The number of fused-ring (bicyclic) bond motifs is 1. The Labute approximate surface area is 146 Å². The number of nitrogens with zero attached hydrogens (tertiary/aromatic N) is 1. The van der Waals surface area contributed by atoms with E-state index in [1.54, 1.807) is 18.2 Å². The van der Waals surface area contributed by atoms with Crippen LogP contribution < -0.4 is 5.32 Å². The van der Waals surface area contributed by atoms with E-state index < -0.39 is 36.2 Å². The predicted octanol–water partition coefficient (Wildman–Crippen LogP) is 1.45. The molecule has 25 heavy (non-hydrogen) atoms. The largest absolute Gasteiger partial charge is 0.481 e. The number of aryl methyl sites for hydroxylation is 1. The number of nitrogens with one attached hydrogen (secondary N) is 1. The lowest BCUT2D eigenvalue weighted by atomic mass is 9.97. The van der Waals surface area contributed by atoms with Crippen LogP contribution in [0.3, 0.4) is 0 Å². The third kappa shape index (κ3) is 4.23. The number of hydrogen-bond acceptors (Lipinski definition) is 4. The summed E-state index contributed by atoms with van der Waals surface area (Å²) in [5.74, 6) is -3.07. The Morgan fingerprint density at radius 1 is 1.16 bits per heavy atom. The van der Waals surface area contributed by atoms with E-state index in [4.69, 9.17) is 0 Å². The number of carboxylic acid groups (broad SMARTS) is 1. The van der Waals surface area contributed by atoms with Gasteiger partial charge in [-0.25, -0.2) is 0 Å². The number of carbonyl (C=O) groups is 4. The van der Waals surface area contributed by atoms with Gasteiger partial charge in [0.25, 0.3) is 11.8 Å². The van der Waals surface area contributed by atoms with Gasteiger partial charge < -0.3 is 10.4 Å². The van der Waals surface area contributed by atoms with Crippen LogP contribution in [0.2, 0.25) is 0 Å². The SMILES string of the molecule is Cc1ccc2c(c1)C(=O)N(CC(=O)NCC(CC(C)C)C(=O)O)C2=O. The molecule has 2 rings (SSSR count). The first kappa shape index (κ1) is 18.6. The maximum Gasteiger partial charge on any atom is 0.308 e. The van der Waals surface area contributed by atoms with Crippen molar-refractivity contribution in [2.24, 2.45) is 11.8 Å². The minimum absolute atomic E-state index is 0.0331. The molecule has 2 N–H and O–H groups in total. The van der Waals surface area contributed by atoms with E-state index in [0.717, 1.165) is 10.5 Å². The summed E-state index contributed by atoms with van der Waals surface area (Å²) in [6.45, 7) is 5.17. The number of benzene rings is 1. The molecule has 7 heteroatoms. The highest BCUT2D eigenvalue weighted by atomic mass is 16.4. The quantitative estimate of drug-likeness (QED) is 0.727. The highest BCUT2D eigenvalue weighted by molar-refractivity contribution is 6.22. The molecule has 1 aromatic rings. The fourth-order valence-corrected chi connectivity index (χ4v) is 2.83. The van der Waals surface area contributed by atoms with Gasteiger partial charge in [-0.05, 0) is 31.4 Å². The lowest BCUT2D eigenvalue weighted by Gasteiger charge is -2.17. The van der Waals surface area contributed by atoms with E-state index in [1.807, 2.05) is 20.8 Å². The number of imide groups is 1. The van der Waals surface area contributed by atoms with E-state index in [9.17, 15) is 24.3 Å². The average molecular weight is 346 g/mol. The van der Waals surface area contributed by atoms with Gasteiger partial charge in [0.15, 0.2) is 0 Å².